The second-order valence-electron chi connectivity index (χ2n) is 2.19. The van der Waals surface area contributed by atoms with Crippen LogP contribution in [0.4, 0.5) is 5.69 Å². The summed E-state index contributed by atoms with van der Waals surface area (Å²) in [5.74, 6) is 4.59. The molecule has 0 fully saturated rings. The molecule has 0 aromatic carbocycles. The summed E-state index contributed by atoms with van der Waals surface area (Å²) in [6.07, 6.45) is 1.34. The lowest BCUT2D eigenvalue weighted by Gasteiger charge is -2.05. The molecular formula is C7H8ClN3O2. The first kappa shape index (κ1) is 9.76. The van der Waals surface area contributed by atoms with E-state index in [1.54, 1.807) is 0 Å². The van der Waals surface area contributed by atoms with Crippen molar-refractivity contribution >= 4 is 23.3 Å². The molecule has 1 rings (SSSR count). The van der Waals surface area contributed by atoms with Crippen molar-refractivity contribution in [1.29, 1.82) is 0 Å². The van der Waals surface area contributed by atoms with Crippen molar-refractivity contribution in [3.8, 4) is 0 Å². The van der Waals surface area contributed by atoms with E-state index in [1.807, 2.05) is 0 Å². The molecule has 0 saturated carbocycles. The predicted octanol–water partition coefficient (Wildman–Crippen LogP) is 0.807. The number of hydrogen-bond donors (Lipinski definition) is 2. The molecule has 1 aromatic rings. The Hall–Kier alpha value is -1.33. The normalized spacial score (nSPS) is 9.46. The van der Waals surface area contributed by atoms with Gasteiger partial charge in [-0.3, -0.25) is 5.84 Å². The van der Waals surface area contributed by atoms with Gasteiger partial charge in [-0.1, -0.05) is 11.6 Å². The molecule has 3 N–H and O–H groups in total. The third-order valence-corrected chi connectivity index (χ3v) is 1.60. The van der Waals surface area contributed by atoms with E-state index in [2.05, 4.69) is 15.1 Å². The first-order valence-electron chi connectivity index (χ1n) is 3.39. The minimum absolute atomic E-state index is 0.106. The number of nitrogens with one attached hydrogen (secondary N) is 1. The zero-order valence-corrected chi connectivity index (χ0v) is 7.63. The van der Waals surface area contributed by atoms with E-state index in [4.69, 9.17) is 17.4 Å². The van der Waals surface area contributed by atoms with Crippen LogP contribution in [0.2, 0.25) is 5.02 Å². The Bertz CT molecular complexity index is 330. The van der Waals surface area contributed by atoms with Gasteiger partial charge >= 0.3 is 5.97 Å². The predicted molar refractivity (Wildman–Crippen MR) is 48.4 cm³/mol. The quantitative estimate of drug-likeness (QED) is 0.421. The third-order valence-electron chi connectivity index (χ3n) is 1.39. The fraction of sp³-hybridized carbons (Fsp3) is 0.143. The number of hydrazine groups is 1. The summed E-state index contributed by atoms with van der Waals surface area (Å²) in [5.41, 5.74) is 2.74. The maximum atomic E-state index is 11.1. The minimum atomic E-state index is -0.565. The molecule has 13 heavy (non-hydrogen) atoms. The highest BCUT2D eigenvalue weighted by atomic mass is 35.5. The summed E-state index contributed by atoms with van der Waals surface area (Å²) < 4.78 is 4.48. The summed E-state index contributed by atoms with van der Waals surface area (Å²) in [6, 6.07) is 1.49. The van der Waals surface area contributed by atoms with Gasteiger partial charge in [0, 0.05) is 6.20 Å². The number of nitrogen functional groups attached to an aromatic ring is 1. The van der Waals surface area contributed by atoms with Gasteiger partial charge in [-0.15, -0.1) is 0 Å². The van der Waals surface area contributed by atoms with Gasteiger partial charge in [0.05, 0.1) is 17.8 Å². The molecular weight excluding hydrogens is 194 g/mol. The first-order chi connectivity index (χ1) is 6.19. The zero-order valence-electron chi connectivity index (χ0n) is 6.87. The van der Waals surface area contributed by atoms with Crippen molar-refractivity contribution in [3.63, 3.8) is 0 Å². The molecule has 0 unspecified atom stereocenters. The highest BCUT2D eigenvalue weighted by molar-refractivity contribution is 6.30. The van der Waals surface area contributed by atoms with Gasteiger partial charge in [0.25, 0.3) is 0 Å². The summed E-state index contributed by atoms with van der Waals surface area (Å²) in [7, 11) is 1.26. The van der Waals surface area contributed by atoms with Gasteiger partial charge < -0.3 is 10.2 Å². The molecule has 0 spiro atoms. The molecule has 0 aliphatic heterocycles. The van der Waals surface area contributed by atoms with E-state index >= 15 is 0 Å². The number of nitrogens with zero attached hydrogens (tertiary/aromatic N) is 1. The summed E-state index contributed by atoms with van der Waals surface area (Å²) in [6.45, 7) is 0. The standard InChI is InChI=1S/C7H8ClN3O2/c1-13-7(12)6-5(11-9)2-4(8)3-10-6/h2-3,11H,9H2,1H3. The van der Waals surface area contributed by atoms with Gasteiger partial charge in [-0.25, -0.2) is 9.78 Å². The van der Waals surface area contributed by atoms with E-state index in [0.717, 1.165) is 0 Å². The Balaban J connectivity index is 3.13. The first-order valence-corrected chi connectivity index (χ1v) is 3.77. The fourth-order valence-electron chi connectivity index (χ4n) is 0.809. The van der Waals surface area contributed by atoms with Crippen LogP contribution in [0.15, 0.2) is 12.3 Å². The zero-order chi connectivity index (χ0) is 9.84. The third kappa shape index (κ3) is 2.07. The average Bonchev–Trinajstić information content (AvgIpc) is 2.16. The lowest BCUT2D eigenvalue weighted by molar-refractivity contribution is 0.0595. The Kier molecular flexibility index (Phi) is 3.05. The van der Waals surface area contributed by atoms with Gasteiger partial charge in [0.1, 0.15) is 0 Å². The minimum Gasteiger partial charge on any atom is -0.464 e. The van der Waals surface area contributed by atoms with Crippen LogP contribution in [-0.4, -0.2) is 18.1 Å². The van der Waals surface area contributed by atoms with E-state index < -0.39 is 5.97 Å². The molecule has 0 aliphatic rings. The van der Waals surface area contributed by atoms with Crippen LogP contribution in [0.5, 0.6) is 0 Å². The van der Waals surface area contributed by atoms with Gasteiger partial charge in [0.2, 0.25) is 0 Å². The van der Waals surface area contributed by atoms with E-state index in [9.17, 15) is 4.79 Å². The SMILES string of the molecule is COC(=O)c1ncc(Cl)cc1NN. The molecule has 0 radical (unpaired) electrons. The van der Waals surface area contributed by atoms with Gasteiger partial charge in [-0.05, 0) is 6.07 Å². The molecule has 1 aromatic heterocycles. The number of aromatic nitrogens is 1. The highest BCUT2D eigenvalue weighted by Crippen LogP contribution is 2.17. The number of anilines is 1. The number of carbonyl (C=O) groups is 1. The number of esters is 1. The second kappa shape index (κ2) is 4.06. The van der Waals surface area contributed by atoms with Crippen molar-refractivity contribution in [2.24, 2.45) is 5.84 Å². The maximum Gasteiger partial charge on any atom is 0.358 e. The smallest absolute Gasteiger partial charge is 0.358 e. The van der Waals surface area contributed by atoms with Crippen LogP contribution >= 0.6 is 11.6 Å². The number of rotatable bonds is 2. The molecule has 0 amide bonds. The largest absolute Gasteiger partial charge is 0.464 e. The average molecular weight is 202 g/mol. The van der Waals surface area contributed by atoms with Crippen LogP contribution in [0, 0.1) is 0 Å². The molecule has 0 aliphatic carbocycles. The fourth-order valence-corrected chi connectivity index (χ4v) is 0.967. The molecule has 0 atom stereocenters. The van der Waals surface area contributed by atoms with Crippen molar-refractivity contribution in [1.82, 2.24) is 4.98 Å². The topological polar surface area (TPSA) is 77.2 Å². The van der Waals surface area contributed by atoms with Crippen LogP contribution in [0.1, 0.15) is 10.5 Å². The summed E-state index contributed by atoms with van der Waals surface area (Å²) in [5, 5.41) is 0.389. The number of hydrogen-bond acceptors (Lipinski definition) is 5. The number of ether oxygens (including phenoxy) is 1. The number of halogens is 1. The molecule has 0 bridgehead atoms. The van der Waals surface area contributed by atoms with E-state index in [-0.39, 0.29) is 5.69 Å². The van der Waals surface area contributed by atoms with Crippen LogP contribution in [0.25, 0.3) is 0 Å². The number of carbonyl (C=O) groups excluding carboxylic acids is 1. The lowest BCUT2D eigenvalue weighted by atomic mass is 10.3. The second-order valence-corrected chi connectivity index (χ2v) is 2.62. The molecule has 5 nitrogen and oxygen atoms in total. The number of nitrogens with two attached hydrogens (primary N) is 1. The maximum absolute atomic E-state index is 11.1. The number of pyridine rings is 1. The number of methoxy groups -OCH3 is 1. The molecule has 70 valence electrons. The molecule has 1 heterocycles. The van der Waals surface area contributed by atoms with Gasteiger partial charge in [0.15, 0.2) is 5.69 Å². The summed E-state index contributed by atoms with van der Waals surface area (Å²) in [4.78, 5) is 14.9. The van der Waals surface area contributed by atoms with Crippen molar-refractivity contribution in [2.45, 2.75) is 0 Å². The van der Waals surface area contributed by atoms with Crippen LogP contribution in [-0.2, 0) is 4.74 Å². The van der Waals surface area contributed by atoms with Crippen molar-refractivity contribution < 1.29 is 9.53 Å². The Morgan fingerprint density at radius 3 is 3.00 bits per heavy atom. The van der Waals surface area contributed by atoms with Gasteiger partial charge in [-0.2, -0.15) is 0 Å². The van der Waals surface area contributed by atoms with Crippen LogP contribution < -0.4 is 11.3 Å². The molecule has 0 saturated heterocycles. The Morgan fingerprint density at radius 1 is 1.77 bits per heavy atom. The van der Waals surface area contributed by atoms with Crippen molar-refractivity contribution in [2.75, 3.05) is 12.5 Å². The van der Waals surface area contributed by atoms with Crippen LogP contribution in [0.3, 0.4) is 0 Å². The Labute approximate surface area is 79.8 Å². The monoisotopic (exact) mass is 201 g/mol. The summed E-state index contributed by atoms with van der Waals surface area (Å²) >= 11 is 5.63. The van der Waals surface area contributed by atoms with E-state index in [0.29, 0.717) is 10.7 Å². The highest BCUT2D eigenvalue weighted by Gasteiger charge is 2.12. The molecule has 6 heteroatoms. The lowest BCUT2D eigenvalue weighted by Crippen LogP contribution is -2.14. The van der Waals surface area contributed by atoms with E-state index in [1.165, 1.54) is 19.4 Å². The van der Waals surface area contributed by atoms with Crippen molar-refractivity contribution in [3.05, 3.63) is 23.0 Å². The Morgan fingerprint density at radius 2 is 2.46 bits per heavy atom.